The highest BCUT2D eigenvalue weighted by atomic mass is 16.6. The van der Waals surface area contributed by atoms with Crippen LogP contribution in [0.2, 0.25) is 0 Å². The van der Waals surface area contributed by atoms with Gasteiger partial charge in [-0.3, -0.25) is 0 Å². The predicted octanol–water partition coefficient (Wildman–Crippen LogP) is 2.54. The van der Waals surface area contributed by atoms with Crippen LogP contribution in [-0.4, -0.2) is 36.2 Å². The van der Waals surface area contributed by atoms with Gasteiger partial charge in [-0.2, -0.15) is 0 Å². The Balaban J connectivity index is 1.58. The van der Waals surface area contributed by atoms with Crippen molar-refractivity contribution in [3.05, 3.63) is 35.9 Å². The van der Waals surface area contributed by atoms with Gasteiger partial charge in [-0.05, 0) is 44.3 Å². The number of benzene rings is 1. The minimum atomic E-state index is -0.136. The van der Waals surface area contributed by atoms with Gasteiger partial charge in [0, 0.05) is 12.1 Å². The van der Waals surface area contributed by atoms with E-state index in [2.05, 4.69) is 5.32 Å². The molecule has 1 N–H and O–H groups in total. The van der Waals surface area contributed by atoms with E-state index < -0.39 is 0 Å². The summed E-state index contributed by atoms with van der Waals surface area (Å²) < 4.78 is 5.51. The molecule has 0 spiro atoms. The van der Waals surface area contributed by atoms with E-state index >= 15 is 0 Å². The highest BCUT2D eigenvalue weighted by Gasteiger charge is 2.38. The van der Waals surface area contributed by atoms with Crippen molar-refractivity contribution in [2.45, 2.75) is 44.4 Å². The second kappa shape index (κ2) is 6.27. The molecule has 4 heteroatoms. The lowest BCUT2D eigenvalue weighted by Gasteiger charge is -2.34. The summed E-state index contributed by atoms with van der Waals surface area (Å²) in [5, 5.41) is 3.35. The third kappa shape index (κ3) is 3.31. The van der Waals surface area contributed by atoms with Crippen LogP contribution in [0.4, 0.5) is 4.79 Å². The largest absolute Gasteiger partial charge is 0.445 e. The van der Waals surface area contributed by atoms with Crippen LogP contribution in [0.5, 0.6) is 0 Å². The van der Waals surface area contributed by atoms with Gasteiger partial charge in [0.05, 0.1) is 0 Å². The number of carbonyl (C=O) groups is 1. The number of nitrogens with one attached hydrogen (secondary N) is 1. The maximum atomic E-state index is 12.4. The Morgan fingerprint density at radius 3 is 2.40 bits per heavy atom. The van der Waals surface area contributed by atoms with Crippen LogP contribution in [0.3, 0.4) is 0 Å². The molecule has 1 aliphatic carbocycles. The molecule has 0 unspecified atom stereocenters. The summed E-state index contributed by atoms with van der Waals surface area (Å²) in [7, 11) is 0. The Morgan fingerprint density at radius 2 is 1.75 bits per heavy atom. The molecule has 0 aromatic heterocycles. The minimum absolute atomic E-state index is 0.136. The van der Waals surface area contributed by atoms with Crippen LogP contribution in [0.1, 0.15) is 31.2 Å². The molecule has 2 aliphatic rings. The van der Waals surface area contributed by atoms with Gasteiger partial charge in [0.25, 0.3) is 0 Å². The molecule has 0 radical (unpaired) electrons. The number of hydrogen-bond donors (Lipinski definition) is 1. The van der Waals surface area contributed by atoms with Gasteiger partial charge in [-0.1, -0.05) is 30.3 Å². The molecule has 1 aromatic rings. The summed E-state index contributed by atoms with van der Waals surface area (Å²) in [6.45, 7) is 2.37. The highest BCUT2D eigenvalue weighted by molar-refractivity contribution is 5.69. The van der Waals surface area contributed by atoms with E-state index in [1.165, 1.54) is 0 Å². The zero-order valence-corrected chi connectivity index (χ0v) is 11.8. The number of rotatable bonds is 4. The summed E-state index contributed by atoms with van der Waals surface area (Å²) in [6.07, 6.45) is 4.20. The van der Waals surface area contributed by atoms with Crippen LogP contribution in [-0.2, 0) is 11.3 Å². The molecule has 1 aromatic carbocycles. The molecule has 0 atom stereocenters. The lowest BCUT2D eigenvalue weighted by atomic mass is 10.1. The fraction of sp³-hybridized carbons (Fsp3) is 0.562. The van der Waals surface area contributed by atoms with Crippen molar-refractivity contribution in [3.8, 4) is 0 Å². The zero-order valence-electron chi connectivity index (χ0n) is 11.8. The first-order valence-electron chi connectivity index (χ1n) is 7.54. The number of carbonyl (C=O) groups excluding carboxylic acids is 1. The van der Waals surface area contributed by atoms with Gasteiger partial charge in [-0.15, -0.1) is 0 Å². The van der Waals surface area contributed by atoms with E-state index in [-0.39, 0.29) is 6.09 Å². The molecule has 4 nitrogen and oxygen atoms in total. The number of hydrogen-bond acceptors (Lipinski definition) is 3. The van der Waals surface area contributed by atoms with Crippen LogP contribution >= 0.6 is 0 Å². The quantitative estimate of drug-likeness (QED) is 0.917. The van der Waals surface area contributed by atoms with Crippen LogP contribution in [0.25, 0.3) is 0 Å². The van der Waals surface area contributed by atoms with Crippen molar-refractivity contribution in [3.63, 3.8) is 0 Å². The van der Waals surface area contributed by atoms with E-state index in [9.17, 15) is 4.79 Å². The van der Waals surface area contributed by atoms with Crippen molar-refractivity contribution < 1.29 is 9.53 Å². The van der Waals surface area contributed by atoms with Crippen molar-refractivity contribution >= 4 is 6.09 Å². The van der Waals surface area contributed by atoms with E-state index in [4.69, 9.17) is 4.74 Å². The topological polar surface area (TPSA) is 41.6 Å². The normalized spacial score (nSPS) is 19.6. The van der Waals surface area contributed by atoms with Gasteiger partial charge in [-0.25, -0.2) is 4.79 Å². The van der Waals surface area contributed by atoms with Crippen molar-refractivity contribution in [2.24, 2.45) is 0 Å². The average molecular weight is 274 g/mol. The van der Waals surface area contributed by atoms with E-state index in [0.29, 0.717) is 18.7 Å². The standard InChI is InChI=1S/C16H22N2O2/c19-16(20-12-13-4-2-1-3-5-13)18(14-6-7-14)15-8-10-17-11-9-15/h1-5,14-15,17H,6-12H2. The fourth-order valence-corrected chi connectivity index (χ4v) is 2.83. The van der Waals surface area contributed by atoms with Crippen molar-refractivity contribution in [1.82, 2.24) is 10.2 Å². The van der Waals surface area contributed by atoms with Gasteiger partial charge in [0.1, 0.15) is 6.61 Å². The maximum Gasteiger partial charge on any atom is 0.410 e. The third-order valence-electron chi connectivity index (χ3n) is 4.06. The molecule has 0 bridgehead atoms. The number of amides is 1. The monoisotopic (exact) mass is 274 g/mol. The Bertz CT molecular complexity index is 439. The molecule has 3 rings (SSSR count). The fourth-order valence-electron chi connectivity index (χ4n) is 2.83. The zero-order chi connectivity index (χ0) is 13.8. The Hall–Kier alpha value is -1.55. The number of nitrogens with zero attached hydrogens (tertiary/aromatic N) is 1. The molecule has 1 amide bonds. The molecule has 1 saturated heterocycles. The Morgan fingerprint density at radius 1 is 1.10 bits per heavy atom. The second-order valence-corrected chi connectivity index (χ2v) is 5.66. The van der Waals surface area contributed by atoms with Crippen molar-refractivity contribution in [1.29, 1.82) is 0 Å². The summed E-state index contributed by atoms with van der Waals surface area (Å²) in [5.41, 5.74) is 1.04. The molecule has 1 saturated carbocycles. The van der Waals surface area contributed by atoms with Crippen molar-refractivity contribution in [2.75, 3.05) is 13.1 Å². The van der Waals surface area contributed by atoms with E-state index in [0.717, 1.165) is 44.3 Å². The summed E-state index contributed by atoms with van der Waals surface area (Å²) in [5.74, 6) is 0. The third-order valence-corrected chi connectivity index (χ3v) is 4.06. The van der Waals surface area contributed by atoms with E-state index in [1.54, 1.807) is 0 Å². The van der Waals surface area contributed by atoms with Gasteiger partial charge >= 0.3 is 6.09 Å². The molecular weight excluding hydrogens is 252 g/mol. The lowest BCUT2D eigenvalue weighted by Crippen LogP contribution is -2.47. The Labute approximate surface area is 120 Å². The molecule has 1 heterocycles. The first-order chi connectivity index (χ1) is 9.84. The first-order valence-corrected chi connectivity index (χ1v) is 7.54. The molecule has 1 aliphatic heterocycles. The minimum Gasteiger partial charge on any atom is -0.445 e. The lowest BCUT2D eigenvalue weighted by molar-refractivity contribution is 0.0698. The Kier molecular flexibility index (Phi) is 4.21. The van der Waals surface area contributed by atoms with Gasteiger partial charge in [0.15, 0.2) is 0 Å². The molecule has 20 heavy (non-hydrogen) atoms. The van der Waals surface area contributed by atoms with Crippen LogP contribution in [0.15, 0.2) is 30.3 Å². The molecule has 2 fully saturated rings. The summed E-state index contributed by atoms with van der Waals surface area (Å²) in [4.78, 5) is 14.4. The molecular formula is C16H22N2O2. The first kappa shape index (κ1) is 13.4. The smallest absolute Gasteiger partial charge is 0.410 e. The predicted molar refractivity (Wildman–Crippen MR) is 77.4 cm³/mol. The van der Waals surface area contributed by atoms with Gasteiger partial charge < -0.3 is 15.0 Å². The SMILES string of the molecule is O=C(OCc1ccccc1)N(C1CCNCC1)C1CC1. The summed E-state index contributed by atoms with van der Waals surface area (Å²) >= 11 is 0. The number of piperidine rings is 1. The molecule has 108 valence electrons. The highest BCUT2D eigenvalue weighted by Crippen LogP contribution is 2.31. The van der Waals surface area contributed by atoms with Crippen LogP contribution < -0.4 is 5.32 Å². The van der Waals surface area contributed by atoms with Crippen LogP contribution in [0, 0.1) is 0 Å². The second-order valence-electron chi connectivity index (χ2n) is 5.66. The average Bonchev–Trinajstić information content (AvgIpc) is 3.32. The number of ether oxygens (including phenoxy) is 1. The summed E-state index contributed by atoms with van der Waals surface area (Å²) in [6, 6.07) is 10.6. The maximum absolute atomic E-state index is 12.4. The van der Waals surface area contributed by atoms with E-state index in [1.807, 2.05) is 35.2 Å². The van der Waals surface area contributed by atoms with Gasteiger partial charge in [0.2, 0.25) is 0 Å².